The van der Waals surface area contributed by atoms with Crippen molar-refractivity contribution >= 4 is 11.9 Å². The Bertz CT molecular complexity index is 726. The average Bonchev–Trinajstić information content (AvgIpc) is 2.71. The average molecular weight is 401 g/mol. The molecule has 0 aliphatic carbocycles. The second-order valence-electron chi connectivity index (χ2n) is 8.78. The third-order valence-corrected chi connectivity index (χ3v) is 6.54. The molecule has 1 aromatic rings. The lowest BCUT2D eigenvalue weighted by Gasteiger charge is -2.39. The zero-order valence-corrected chi connectivity index (χ0v) is 18.4. The minimum atomic E-state index is 0.0680. The maximum atomic E-state index is 13.1. The van der Waals surface area contributed by atoms with Gasteiger partial charge >= 0.3 is 6.03 Å². The second kappa shape index (κ2) is 9.61. The molecule has 0 saturated carbocycles. The van der Waals surface area contributed by atoms with Gasteiger partial charge in [-0.2, -0.15) is 0 Å². The fourth-order valence-electron chi connectivity index (χ4n) is 4.46. The maximum Gasteiger partial charge on any atom is 0.318 e. The smallest absolute Gasteiger partial charge is 0.318 e. The van der Waals surface area contributed by atoms with Gasteiger partial charge in [0, 0.05) is 39.8 Å². The zero-order valence-electron chi connectivity index (χ0n) is 18.4. The molecule has 6 heteroatoms. The predicted octanol–water partition coefficient (Wildman–Crippen LogP) is 3.09. The van der Waals surface area contributed by atoms with Crippen molar-refractivity contribution in [2.45, 2.75) is 58.0 Å². The summed E-state index contributed by atoms with van der Waals surface area (Å²) in [7, 11) is 3.58. The summed E-state index contributed by atoms with van der Waals surface area (Å²) in [5.41, 5.74) is 3.88. The van der Waals surface area contributed by atoms with Crippen LogP contribution in [-0.2, 0) is 4.79 Å². The second-order valence-corrected chi connectivity index (χ2v) is 8.78. The highest BCUT2D eigenvalue weighted by atomic mass is 16.2. The van der Waals surface area contributed by atoms with E-state index in [0.717, 1.165) is 45.3 Å². The van der Waals surface area contributed by atoms with Crippen LogP contribution in [0.2, 0.25) is 0 Å². The molecule has 2 saturated heterocycles. The van der Waals surface area contributed by atoms with Crippen LogP contribution in [0, 0.1) is 13.8 Å². The van der Waals surface area contributed by atoms with Crippen LogP contribution >= 0.6 is 0 Å². The molecule has 1 aromatic carbocycles. The maximum absolute atomic E-state index is 13.1. The lowest BCUT2D eigenvalue weighted by Crippen LogP contribution is -2.52. The van der Waals surface area contributed by atoms with E-state index < -0.39 is 0 Å². The summed E-state index contributed by atoms with van der Waals surface area (Å²) in [6.07, 6.45) is 5.06. The van der Waals surface area contributed by atoms with Crippen LogP contribution in [0.4, 0.5) is 4.79 Å². The minimum absolute atomic E-state index is 0.0680. The molecule has 160 valence electrons. The van der Waals surface area contributed by atoms with Crippen molar-refractivity contribution in [1.82, 2.24) is 20.0 Å². The van der Waals surface area contributed by atoms with Gasteiger partial charge in [0.25, 0.3) is 0 Å². The number of hydrogen-bond acceptors (Lipinski definition) is 3. The van der Waals surface area contributed by atoms with Gasteiger partial charge in [-0.1, -0.05) is 18.2 Å². The Morgan fingerprint density at radius 3 is 2.48 bits per heavy atom. The molecule has 0 bridgehead atoms. The molecule has 1 unspecified atom stereocenters. The van der Waals surface area contributed by atoms with Crippen LogP contribution in [0.15, 0.2) is 18.2 Å². The summed E-state index contributed by atoms with van der Waals surface area (Å²) in [6, 6.07) is 6.85. The number of likely N-dealkylation sites (tertiary alicyclic amines) is 2. The van der Waals surface area contributed by atoms with E-state index in [9.17, 15) is 9.59 Å². The van der Waals surface area contributed by atoms with Crippen molar-refractivity contribution in [2.24, 2.45) is 0 Å². The standard InChI is InChI=1S/C23H36N4O2/c1-17-8-7-9-20(18(17)2)21-10-5-6-13-27(21)23(29)24-19-11-14-26(15-12-19)16-22(28)25(3)4/h7-9,19,21H,5-6,10-16H2,1-4H3,(H,24,29). The normalized spacial score (nSPS) is 21.1. The minimum Gasteiger partial charge on any atom is -0.348 e. The molecule has 0 spiro atoms. The van der Waals surface area contributed by atoms with E-state index in [1.807, 2.05) is 4.90 Å². The lowest BCUT2D eigenvalue weighted by atomic mass is 9.90. The van der Waals surface area contributed by atoms with E-state index in [0.29, 0.717) is 6.54 Å². The molecular weight excluding hydrogens is 364 g/mol. The molecule has 2 aliphatic rings. The number of aryl methyl sites for hydroxylation is 1. The number of carbonyl (C=O) groups is 2. The number of nitrogens with one attached hydrogen (secondary N) is 1. The summed E-state index contributed by atoms with van der Waals surface area (Å²) >= 11 is 0. The number of hydrogen-bond donors (Lipinski definition) is 1. The van der Waals surface area contributed by atoms with Crippen LogP contribution in [0.1, 0.15) is 54.8 Å². The van der Waals surface area contributed by atoms with E-state index in [-0.39, 0.29) is 24.0 Å². The molecule has 6 nitrogen and oxygen atoms in total. The molecule has 0 radical (unpaired) electrons. The van der Waals surface area contributed by atoms with Crippen molar-refractivity contribution in [3.63, 3.8) is 0 Å². The number of nitrogens with zero attached hydrogens (tertiary/aromatic N) is 3. The number of amides is 3. The number of piperidine rings is 2. The highest BCUT2D eigenvalue weighted by molar-refractivity contribution is 5.77. The first-order chi connectivity index (χ1) is 13.9. The quantitative estimate of drug-likeness (QED) is 0.845. The third kappa shape index (κ3) is 5.30. The van der Waals surface area contributed by atoms with Gasteiger partial charge < -0.3 is 15.1 Å². The highest BCUT2D eigenvalue weighted by Gasteiger charge is 2.31. The van der Waals surface area contributed by atoms with Crippen molar-refractivity contribution in [1.29, 1.82) is 0 Å². The summed E-state index contributed by atoms with van der Waals surface area (Å²) in [4.78, 5) is 30.9. The molecule has 2 heterocycles. The van der Waals surface area contributed by atoms with Crippen molar-refractivity contribution in [3.05, 3.63) is 34.9 Å². The van der Waals surface area contributed by atoms with E-state index >= 15 is 0 Å². The Balaban J connectivity index is 1.58. The molecule has 0 aromatic heterocycles. The fraction of sp³-hybridized carbons (Fsp3) is 0.652. The molecule has 2 aliphatic heterocycles. The van der Waals surface area contributed by atoms with E-state index in [2.05, 4.69) is 42.3 Å². The molecule has 3 rings (SSSR count). The molecular formula is C23H36N4O2. The van der Waals surface area contributed by atoms with Crippen LogP contribution in [0.3, 0.4) is 0 Å². The van der Waals surface area contributed by atoms with Gasteiger partial charge in [-0.3, -0.25) is 9.69 Å². The topological polar surface area (TPSA) is 55.9 Å². The van der Waals surface area contributed by atoms with E-state index in [4.69, 9.17) is 0 Å². The Morgan fingerprint density at radius 1 is 1.07 bits per heavy atom. The predicted molar refractivity (Wildman–Crippen MR) is 116 cm³/mol. The number of carbonyl (C=O) groups excluding carboxylic acids is 2. The van der Waals surface area contributed by atoms with Crippen LogP contribution in [0.25, 0.3) is 0 Å². The first-order valence-electron chi connectivity index (χ1n) is 10.9. The first kappa shape index (κ1) is 21.6. The molecule has 29 heavy (non-hydrogen) atoms. The Kier molecular flexibility index (Phi) is 7.17. The number of likely N-dealkylation sites (N-methyl/N-ethyl adjacent to an activating group) is 1. The van der Waals surface area contributed by atoms with Crippen molar-refractivity contribution in [2.75, 3.05) is 40.3 Å². The Hall–Kier alpha value is -2.08. The zero-order chi connectivity index (χ0) is 21.0. The highest BCUT2D eigenvalue weighted by Crippen LogP contribution is 2.33. The van der Waals surface area contributed by atoms with Crippen molar-refractivity contribution < 1.29 is 9.59 Å². The van der Waals surface area contributed by atoms with Gasteiger partial charge in [0.1, 0.15) is 0 Å². The summed E-state index contributed by atoms with van der Waals surface area (Å²) in [6.45, 7) is 7.30. The van der Waals surface area contributed by atoms with Gasteiger partial charge in [-0.05, 0) is 62.6 Å². The van der Waals surface area contributed by atoms with E-state index in [1.165, 1.54) is 23.1 Å². The largest absolute Gasteiger partial charge is 0.348 e. The first-order valence-corrected chi connectivity index (χ1v) is 10.9. The summed E-state index contributed by atoms with van der Waals surface area (Å²) < 4.78 is 0. The fourth-order valence-corrected chi connectivity index (χ4v) is 4.46. The lowest BCUT2D eigenvalue weighted by molar-refractivity contribution is -0.130. The van der Waals surface area contributed by atoms with Gasteiger partial charge in [0.2, 0.25) is 5.91 Å². The third-order valence-electron chi connectivity index (χ3n) is 6.54. The van der Waals surface area contributed by atoms with Gasteiger partial charge in [-0.25, -0.2) is 4.79 Å². The van der Waals surface area contributed by atoms with Crippen molar-refractivity contribution in [3.8, 4) is 0 Å². The van der Waals surface area contributed by atoms with Gasteiger partial charge in [-0.15, -0.1) is 0 Å². The monoisotopic (exact) mass is 400 g/mol. The Labute approximate surface area is 175 Å². The molecule has 2 fully saturated rings. The van der Waals surface area contributed by atoms with Gasteiger partial charge in [0.15, 0.2) is 0 Å². The number of urea groups is 1. The van der Waals surface area contributed by atoms with Crippen LogP contribution in [0.5, 0.6) is 0 Å². The van der Waals surface area contributed by atoms with Crippen LogP contribution < -0.4 is 5.32 Å². The van der Waals surface area contributed by atoms with Crippen LogP contribution in [-0.4, -0.2) is 73.0 Å². The summed E-state index contributed by atoms with van der Waals surface area (Å²) in [5.74, 6) is 0.136. The SMILES string of the molecule is Cc1cccc(C2CCCCN2C(=O)NC2CCN(CC(=O)N(C)C)CC2)c1C. The van der Waals surface area contributed by atoms with Gasteiger partial charge in [0.05, 0.1) is 12.6 Å². The molecule has 1 N–H and O–H groups in total. The molecule has 3 amide bonds. The van der Waals surface area contributed by atoms with E-state index in [1.54, 1.807) is 19.0 Å². The number of rotatable bonds is 4. The number of benzene rings is 1. The molecule has 1 atom stereocenters. The summed E-state index contributed by atoms with van der Waals surface area (Å²) in [5, 5.41) is 3.28. The Morgan fingerprint density at radius 2 is 1.79 bits per heavy atom.